The highest BCUT2D eigenvalue weighted by molar-refractivity contribution is 5.84. The van der Waals surface area contributed by atoms with Crippen LogP contribution < -0.4 is 20.3 Å². The zero-order chi connectivity index (χ0) is 22.1. The zero-order valence-electron chi connectivity index (χ0n) is 16.9. The van der Waals surface area contributed by atoms with Gasteiger partial charge in [-0.3, -0.25) is 20.4 Å². The van der Waals surface area contributed by atoms with Gasteiger partial charge in [-0.05, 0) is 53.1 Å². The molecule has 0 saturated carbocycles. The van der Waals surface area contributed by atoms with E-state index in [4.69, 9.17) is 14.7 Å². The predicted octanol–water partition coefficient (Wildman–Crippen LogP) is 3.00. The van der Waals surface area contributed by atoms with Crippen molar-refractivity contribution in [3.05, 3.63) is 83.9 Å². The fraction of sp³-hybridized carbons (Fsp3) is 0.125. The first-order valence-electron chi connectivity index (χ1n) is 9.51. The summed E-state index contributed by atoms with van der Waals surface area (Å²) in [6, 6.07) is 23.7. The molecule has 0 bridgehead atoms. The quantitative estimate of drug-likeness (QED) is 0.578. The molecule has 0 radical (unpaired) electrons. The first-order valence-corrected chi connectivity index (χ1v) is 9.51. The van der Waals surface area contributed by atoms with Crippen molar-refractivity contribution in [1.82, 2.24) is 10.9 Å². The van der Waals surface area contributed by atoms with E-state index < -0.39 is 5.91 Å². The lowest BCUT2D eigenvalue weighted by molar-refractivity contribution is -0.129. The number of rotatable bonds is 7. The number of carbonyl (C=O) groups excluding carboxylic acids is 2. The van der Waals surface area contributed by atoms with E-state index in [2.05, 4.69) is 16.9 Å². The summed E-state index contributed by atoms with van der Waals surface area (Å²) >= 11 is 0. The average Bonchev–Trinajstić information content (AvgIpc) is 2.82. The number of nitrogens with one attached hydrogen (secondary N) is 2. The number of benzene rings is 3. The Morgan fingerprint density at radius 2 is 1.52 bits per heavy atom. The maximum atomic E-state index is 12.0. The fourth-order valence-corrected chi connectivity index (χ4v) is 2.82. The van der Waals surface area contributed by atoms with Crippen LogP contribution in [0.4, 0.5) is 0 Å². The molecule has 3 rings (SSSR count). The summed E-state index contributed by atoms with van der Waals surface area (Å²) in [5.74, 6) is 0.353. The zero-order valence-corrected chi connectivity index (χ0v) is 16.9. The van der Waals surface area contributed by atoms with Gasteiger partial charge in [-0.25, -0.2) is 0 Å². The van der Waals surface area contributed by atoms with Gasteiger partial charge in [-0.2, -0.15) is 5.26 Å². The second kappa shape index (κ2) is 10.5. The van der Waals surface area contributed by atoms with Crippen molar-refractivity contribution in [2.45, 2.75) is 6.42 Å². The number of nitrogens with zero attached hydrogens (tertiary/aromatic N) is 1. The summed E-state index contributed by atoms with van der Waals surface area (Å²) < 4.78 is 10.6. The van der Waals surface area contributed by atoms with Crippen LogP contribution in [0.3, 0.4) is 0 Å². The van der Waals surface area contributed by atoms with Gasteiger partial charge < -0.3 is 9.47 Å². The van der Waals surface area contributed by atoms with Crippen molar-refractivity contribution in [2.24, 2.45) is 0 Å². The third kappa shape index (κ3) is 6.34. The molecular formula is C24H21N3O4. The van der Waals surface area contributed by atoms with Crippen LogP contribution in [-0.4, -0.2) is 25.5 Å². The van der Waals surface area contributed by atoms with E-state index in [1.54, 1.807) is 55.6 Å². The third-order valence-electron chi connectivity index (χ3n) is 4.41. The lowest BCUT2D eigenvalue weighted by atomic mass is 10.0. The number of amides is 2. The molecule has 0 aromatic heterocycles. The van der Waals surface area contributed by atoms with Gasteiger partial charge in [-0.1, -0.05) is 36.4 Å². The molecule has 31 heavy (non-hydrogen) atoms. The molecule has 0 heterocycles. The summed E-state index contributed by atoms with van der Waals surface area (Å²) in [5, 5.41) is 8.87. The molecule has 7 heteroatoms. The Hall–Kier alpha value is -4.31. The average molecular weight is 415 g/mol. The summed E-state index contributed by atoms with van der Waals surface area (Å²) in [7, 11) is 1.56. The van der Waals surface area contributed by atoms with Gasteiger partial charge in [-0.15, -0.1) is 0 Å². The molecule has 0 aliphatic heterocycles. The van der Waals surface area contributed by atoms with E-state index in [1.165, 1.54) is 0 Å². The number of hydrogen-bond acceptors (Lipinski definition) is 5. The number of carbonyl (C=O) groups is 2. The number of hydrogen-bond donors (Lipinski definition) is 2. The molecule has 2 N–H and O–H groups in total. The summed E-state index contributed by atoms with van der Waals surface area (Å²) in [6.07, 6.45) is 0.106. The van der Waals surface area contributed by atoms with Gasteiger partial charge in [0.25, 0.3) is 5.91 Å². The standard InChI is InChI=1S/C24H21N3O4/c1-30-22-4-2-3-18(13-22)14-23(28)26-27-24(29)16-31-21-11-9-20(10-12-21)19-7-5-17(15-25)6-8-19/h2-13H,14,16H2,1H3,(H,26,28)(H,27,29). The maximum Gasteiger partial charge on any atom is 0.276 e. The molecule has 0 saturated heterocycles. The lowest BCUT2D eigenvalue weighted by Gasteiger charge is -2.10. The third-order valence-corrected chi connectivity index (χ3v) is 4.41. The largest absolute Gasteiger partial charge is 0.497 e. The monoisotopic (exact) mass is 415 g/mol. The van der Waals surface area contributed by atoms with Crippen molar-refractivity contribution >= 4 is 11.8 Å². The highest BCUT2D eigenvalue weighted by Crippen LogP contribution is 2.22. The Kier molecular flexibility index (Phi) is 7.22. The number of hydrazine groups is 1. The number of ether oxygens (including phenoxy) is 2. The van der Waals surface area contributed by atoms with Crippen molar-refractivity contribution in [3.8, 4) is 28.7 Å². The van der Waals surface area contributed by atoms with Crippen LogP contribution in [0.2, 0.25) is 0 Å². The van der Waals surface area contributed by atoms with Gasteiger partial charge in [0.1, 0.15) is 11.5 Å². The second-order valence-electron chi connectivity index (χ2n) is 6.63. The highest BCUT2D eigenvalue weighted by Gasteiger charge is 2.08. The first-order chi connectivity index (χ1) is 15.1. The molecule has 7 nitrogen and oxygen atoms in total. The van der Waals surface area contributed by atoms with Crippen molar-refractivity contribution < 1.29 is 19.1 Å². The Morgan fingerprint density at radius 3 is 2.16 bits per heavy atom. The van der Waals surface area contributed by atoms with Gasteiger partial charge in [0.15, 0.2) is 6.61 Å². The van der Waals surface area contributed by atoms with Gasteiger partial charge >= 0.3 is 0 Å². The molecule has 0 aliphatic carbocycles. The van der Waals surface area contributed by atoms with E-state index in [1.807, 2.05) is 24.3 Å². The van der Waals surface area contributed by atoms with Gasteiger partial charge in [0.05, 0.1) is 25.2 Å². The highest BCUT2D eigenvalue weighted by atomic mass is 16.5. The molecule has 0 unspecified atom stereocenters. The topological polar surface area (TPSA) is 100 Å². The van der Waals surface area contributed by atoms with E-state index in [0.717, 1.165) is 16.7 Å². The lowest BCUT2D eigenvalue weighted by Crippen LogP contribution is -2.44. The second-order valence-corrected chi connectivity index (χ2v) is 6.63. The Labute approximate surface area is 180 Å². The smallest absolute Gasteiger partial charge is 0.276 e. The minimum Gasteiger partial charge on any atom is -0.497 e. The minimum absolute atomic E-state index is 0.106. The van der Waals surface area contributed by atoms with E-state index in [0.29, 0.717) is 17.1 Å². The predicted molar refractivity (Wildman–Crippen MR) is 115 cm³/mol. The molecule has 2 amide bonds. The molecular weight excluding hydrogens is 394 g/mol. The van der Waals surface area contributed by atoms with E-state index >= 15 is 0 Å². The van der Waals surface area contributed by atoms with Crippen LogP contribution >= 0.6 is 0 Å². The first kappa shape index (κ1) is 21.4. The molecule has 0 fully saturated rings. The van der Waals surface area contributed by atoms with E-state index in [-0.39, 0.29) is 18.9 Å². The van der Waals surface area contributed by atoms with E-state index in [9.17, 15) is 9.59 Å². The van der Waals surface area contributed by atoms with Crippen LogP contribution in [0.1, 0.15) is 11.1 Å². The maximum absolute atomic E-state index is 12.0. The normalized spacial score (nSPS) is 9.94. The van der Waals surface area contributed by atoms with Crippen molar-refractivity contribution in [3.63, 3.8) is 0 Å². The summed E-state index contributed by atoms with van der Waals surface area (Å²) in [5.41, 5.74) is 8.00. The Bertz CT molecular complexity index is 1090. The van der Waals surface area contributed by atoms with Crippen LogP contribution in [0, 0.1) is 11.3 Å². The summed E-state index contributed by atoms with van der Waals surface area (Å²) in [4.78, 5) is 23.9. The molecule has 0 aliphatic rings. The van der Waals surface area contributed by atoms with Crippen LogP contribution in [-0.2, 0) is 16.0 Å². The van der Waals surface area contributed by atoms with Gasteiger partial charge in [0.2, 0.25) is 5.91 Å². The molecule has 3 aromatic carbocycles. The molecule has 0 atom stereocenters. The van der Waals surface area contributed by atoms with Crippen LogP contribution in [0.25, 0.3) is 11.1 Å². The van der Waals surface area contributed by atoms with Crippen molar-refractivity contribution in [1.29, 1.82) is 5.26 Å². The molecule has 156 valence electrons. The van der Waals surface area contributed by atoms with Crippen LogP contribution in [0.5, 0.6) is 11.5 Å². The molecule has 3 aromatic rings. The van der Waals surface area contributed by atoms with Gasteiger partial charge in [0, 0.05) is 0 Å². The number of nitriles is 1. The SMILES string of the molecule is COc1cccc(CC(=O)NNC(=O)COc2ccc(-c3ccc(C#N)cc3)cc2)c1. The Balaban J connectivity index is 1.43. The number of methoxy groups -OCH3 is 1. The molecule has 0 spiro atoms. The van der Waals surface area contributed by atoms with Crippen molar-refractivity contribution in [2.75, 3.05) is 13.7 Å². The minimum atomic E-state index is -0.477. The van der Waals surface area contributed by atoms with Crippen LogP contribution in [0.15, 0.2) is 72.8 Å². The fourth-order valence-electron chi connectivity index (χ4n) is 2.82. The summed E-state index contributed by atoms with van der Waals surface area (Å²) in [6.45, 7) is -0.240. The Morgan fingerprint density at radius 1 is 0.871 bits per heavy atom.